The van der Waals surface area contributed by atoms with Gasteiger partial charge in [0.15, 0.2) is 0 Å². The van der Waals surface area contributed by atoms with E-state index in [0.29, 0.717) is 37.4 Å². The Kier molecular flexibility index (Phi) is 6.41. The van der Waals surface area contributed by atoms with Crippen LogP contribution in [0.2, 0.25) is 0 Å². The van der Waals surface area contributed by atoms with Crippen LogP contribution in [0.3, 0.4) is 0 Å². The minimum Gasteiger partial charge on any atom is -0.377 e. The number of nitrogens with one attached hydrogen (secondary N) is 1. The van der Waals surface area contributed by atoms with Crippen LogP contribution in [-0.4, -0.2) is 42.5 Å². The summed E-state index contributed by atoms with van der Waals surface area (Å²) in [5.74, 6) is -0.883. The summed E-state index contributed by atoms with van der Waals surface area (Å²) >= 11 is 0. The Hall–Kier alpha value is -2.73. The summed E-state index contributed by atoms with van der Waals surface area (Å²) in [6.07, 6.45) is 0.600. The molecule has 1 fully saturated rings. The zero-order valence-electron chi connectivity index (χ0n) is 16.2. The van der Waals surface area contributed by atoms with E-state index < -0.39 is 0 Å². The molecule has 1 heterocycles. The van der Waals surface area contributed by atoms with Crippen molar-refractivity contribution in [2.45, 2.75) is 32.2 Å². The van der Waals surface area contributed by atoms with E-state index in [0.717, 1.165) is 5.56 Å². The molecular weight excluding hydrogens is 359 g/mol. The first-order valence-electron chi connectivity index (χ1n) is 9.54. The molecule has 0 radical (unpaired) electrons. The molecule has 0 saturated carbocycles. The fourth-order valence-corrected chi connectivity index (χ4v) is 3.39. The molecule has 2 aromatic carbocycles. The summed E-state index contributed by atoms with van der Waals surface area (Å²) < 4.78 is 18.5. The molecule has 1 aliphatic rings. The zero-order valence-corrected chi connectivity index (χ0v) is 16.2. The van der Waals surface area contributed by atoms with Crippen LogP contribution < -0.4 is 5.32 Å². The molecule has 28 heavy (non-hydrogen) atoms. The van der Waals surface area contributed by atoms with E-state index in [9.17, 15) is 14.0 Å². The molecule has 1 aliphatic heterocycles. The van der Waals surface area contributed by atoms with Crippen LogP contribution in [0.4, 0.5) is 10.1 Å². The number of morpholine rings is 1. The van der Waals surface area contributed by atoms with E-state index in [1.807, 2.05) is 13.8 Å². The number of hydrogen-bond donors (Lipinski definition) is 1. The lowest BCUT2D eigenvalue weighted by Gasteiger charge is -2.33. The second-order valence-electron chi connectivity index (χ2n) is 7.00. The number of carbonyl (C=O) groups is 2. The van der Waals surface area contributed by atoms with Crippen molar-refractivity contribution in [3.8, 4) is 0 Å². The predicted molar refractivity (Wildman–Crippen MR) is 106 cm³/mol. The molecule has 2 unspecified atom stereocenters. The summed E-state index contributed by atoms with van der Waals surface area (Å²) in [6.45, 7) is 5.55. The maximum absolute atomic E-state index is 13.1. The molecule has 2 amide bonds. The minimum absolute atomic E-state index is 0.0357. The smallest absolute Gasteiger partial charge is 0.254 e. The Labute approximate surface area is 164 Å². The Balaban J connectivity index is 1.66. The number of carbonyl (C=O) groups excluding carboxylic acids is 2. The molecule has 2 atom stereocenters. The third-order valence-electron chi connectivity index (χ3n) is 5.03. The van der Waals surface area contributed by atoms with E-state index in [4.69, 9.17) is 4.74 Å². The van der Waals surface area contributed by atoms with Crippen molar-refractivity contribution >= 4 is 17.5 Å². The number of anilines is 1. The van der Waals surface area contributed by atoms with Gasteiger partial charge in [-0.15, -0.1) is 0 Å². The molecule has 0 aliphatic carbocycles. The van der Waals surface area contributed by atoms with Crippen molar-refractivity contribution in [1.29, 1.82) is 0 Å². The highest BCUT2D eigenvalue weighted by Crippen LogP contribution is 2.23. The minimum atomic E-state index is -0.365. The van der Waals surface area contributed by atoms with Gasteiger partial charge in [-0.25, -0.2) is 4.39 Å². The molecule has 0 aromatic heterocycles. The molecule has 1 N–H and O–H groups in total. The van der Waals surface area contributed by atoms with E-state index in [-0.39, 0.29) is 29.6 Å². The SMILES string of the molecule is CCC(C(=O)Nc1ccc(C(=O)N2CCOCC2C)cc1)c1ccc(F)cc1. The van der Waals surface area contributed by atoms with E-state index in [1.165, 1.54) is 12.1 Å². The number of amides is 2. The molecule has 5 nitrogen and oxygen atoms in total. The molecule has 2 aromatic rings. The number of hydrogen-bond acceptors (Lipinski definition) is 3. The Morgan fingerprint density at radius 2 is 1.86 bits per heavy atom. The van der Waals surface area contributed by atoms with Crippen molar-refractivity contribution in [3.63, 3.8) is 0 Å². The van der Waals surface area contributed by atoms with E-state index >= 15 is 0 Å². The van der Waals surface area contributed by atoms with Crippen LogP contribution in [0.15, 0.2) is 48.5 Å². The van der Waals surface area contributed by atoms with E-state index in [2.05, 4.69) is 5.32 Å². The summed E-state index contributed by atoms with van der Waals surface area (Å²) in [5.41, 5.74) is 1.98. The zero-order chi connectivity index (χ0) is 20.1. The average molecular weight is 384 g/mol. The number of nitrogens with zero attached hydrogens (tertiary/aromatic N) is 1. The van der Waals surface area contributed by atoms with Crippen LogP contribution in [0.1, 0.15) is 42.1 Å². The first-order valence-corrected chi connectivity index (χ1v) is 9.54. The van der Waals surface area contributed by atoms with Gasteiger partial charge in [0.1, 0.15) is 5.82 Å². The molecular formula is C22H25FN2O3. The fourth-order valence-electron chi connectivity index (χ4n) is 3.39. The molecule has 0 spiro atoms. The summed E-state index contributed by atoms with van der Waals surface area (Å²) in [4.78, 5) is 27.1. The first-order chi connectivity index (χ1) is 13.5. The molecule has 148 valence electrons. The van der Waals surface area contributed by atoms with Crippen LogP contribution in [0.5, 0.6) is 0 Å². The fraction of sp³-hybridized carbons (Fsp3) is 0.364. The van der Waals surface area contributed by atoms with E-state index in [1.54, 1.807) is 41.3 Å². The Bertz CT molecular complexity index is 821. The second-order valence-corrected chi connectivity index (χ2v) is 7.00. The number of halogens is 1. The second kappa shape index (κ2) is 8.97. The lowest BCUT2D eigenvalue weighted by atomic mass is 9.95. The molecule has 0 bridgehead atoms. The van der Waals surface area contributed by atoms with Gasteiger partial charge >= 0.3 is 0 Å². The van der Waals surface area contributed by atoms with Gasteiger partial charge in [-0.1, -0.05) is 19.1 Å². The van der Waals surface area contributed by atoms with Crippen molar-refractivity contribution in [2.75, 3.05) is 25.1 Å². The summed E-state index contributed by atoms with van der Waals surface area (Å²) in [6, 6.07) is 12.9. The highest BCUT2D eigenvalue weighted by molar-refractivity contribution is 5.97. The summed E-state index contributed by atoms with van der Waals surface area (Å²) in [7, 11) is 0. The Morgan fingerprint density at radius 3 is 2.46 bits per heavy atom. The Morgan fingerprint density at radius 1 is 1.18 bits per heavy atom. The number of benzene rings is 2. The van der Waals surface area contributed by atoms with Crippen molar-refractivity contribution < 1.29 is 18.7 Å². The normalized spacial score (nSPS) is 17.8. The predicted octanol–water partition coefficient (Wildman–Crippen LogP) is 3.82. The van der Waals surface area contributed by atoms with Gasteiger partial charge in [-0.05, 0) is 55.3 Å². The van der Waals surface area contributed by atoms with Gasteiger partial charge in [-0.3, -0.25) is 9.59 Å². The average Bonchev–Trinajstić information content (AvgIpc) is 2.70. The molecule has 6 heteroatoms. The van der Waals surface area contributed by atoms with Crippen LogP contribution in [0, 0.1) is 5.82 Å². The highest BCUT2D eigenvalue weighted by atomic mass is 19.1. The van der Waals surface area contributed by atoms with Crippen molar-refractivity contribution in [1.82, 2.24) is 4.90 Å². The lowest BCUT2D eigenvalue weighted by molar-refractivity contribution is -0.117. The van der Waals surface area contributed by atoms with Gasteiger partial charge < -0.3 is 15.0 Å². The maximum Gasteiger partial charge on any atom is 0.254 e. The van der Waals surface area contributed by atoms with Gasteiger partial charge in [0.2, 0.25) is 5.91 Å². The number of ether oxygens (including phenoxy) is 1. The molecule has 1 saturated heterocycles. The quantitative estimate of drug-likeness (QED) is 0.853. The third-order valence-corrected chi connectivity index (χ3v) is 5.03. The van der Waals surface area contributed by atoms with Crippen molar-refractivity contribution in [2.24, 2.45) is 0 Å². The van der Waals surface area contributed by atoms with Crippen LogP contribution in [0.25, 0.3) is 0 Å². The highest BCUT2D eigenvalue weighted by Gasteiger charge is 2.25. The monoisotopic (exact) mass is 384 g/mol. The standard InChI is InChI=1S/C22H25FN2O3/c1-3-20(16-4-8-18(23)9-5-16)21(26)24-19-10-6-17(7-11-19)22(27)25-12-13-28-14-15(25)2/h4-11,15,20H,3,12-14H2,1-2H3,(H,24,26). The number of rotatable bonds is 5. The van der Waals surface area contributed by atoms with Crippen LogP contribution in [-0.2, 0) is 9.53 Å². The van der Waals surface area contributed by atoms with Gasteiger partial charge in [0.25, 0.3) is 5.91 Å². The summed E-state index contributed by atoms with van der Waals surface area (Å²) in [5, 5.41) is 2.88. The van der Waals surface area contributed by atoms with Crippen molar-refractivity contribution in [3.05, 3.63) is 65.5 Å². The lowest BCUT2D eigenvalue weighted by Crippen LogP contribution is -2.47. The molecule has 3 rings (SSSR count). The maximum atomic E-state index is 13.1. The third kappa shape index (κ3) is 4.57. The first kappa shape index (κ1) is 20.0. The van der Waals surface area contributed by atoms with Crippen LogP contribution >= 0.6 is 0 Å². The van der Waals surface area contributed by atoms with Gasteiger partial charge in [0.05, 0.1) is 25.2 Å². The van der Waals surface area contributed by atoms with Gasteiger partial charge in [-0.2, -0.15) is 0 Å². The topological polar surface area (TPSA) is 58.6 Å². The van der Waals surface area contributed by atoms with Gasteiger partial charge in [0, 0.05) is 17.8 Å². The largest absolute Gasteiger partial charge is 0.377 e.